The van der Waals surface area contributed by atoms with E-state index in [1.807, 2.05) is 0 Å². The van der Waals surface area contributed by atoms with E-state index in [-0.39, 0.29) is 295 Å². The Balaban J connectivity index is -0.0000000642. The zero-order chi connectivity index (χ0) is 60.0. The Labute approximate surface area is 680 Å². The molecule has 0 unspecified atom stereocenters. The van der Waals surface area contributed by atoms with Crippen molar-refractivity contribution >= 4 is 167 Å². The third-order valence-electron chi connectivity index (χ3n) is 8.68. The largest absolute Gasteiger partial charge is 0.478 e. The second kappa shape index (κ2) is 60.2. The summed E-state index contributed by atoms with van der Waals surface area (Å²) in [5.41, 5.74) is 0.594. The second-order valence-corrected chi connectivity index (χ2v) is 19.0. The van der Waals surface area contributed by atoms with E-state index in [2.05, 4.69) is 95.6 Å². The van der Waals surface area contributed by atoms with Crippen LogP contribution in [-0.4, -0.2) is 177 Å². The zero-order valence-corrected chi connectivity index (χ0v) is 69.2. The van der Waals surface area contributed by atoms with E-state index >= 15 is 0 Å². The molecule has 0 heterocycles. The predicted octanol–water partition coefficient (Wildman–Crippen LogP) is 4.46. The summed E-state index contributed by atoms with van der Waals surface area (Å²) >= 11 is 17.8. The molecule has 496 valence electrons. The summed E-state index contributed by atoms with van der Waals surface area (Å²) in [6, 6.07) is 22.5. The molecule has 92 heavy (non-hydrogen) atoms. The van der Waals surface area contributed by atoms with Gasteiger partial charge >= 0.3 is 71.6 Å². The molecule has 0 bridgehead atoms. The van der Waals surface area contributed by atoms with Crippen LogP contribution >= 0.6 is 95.6 Å². The summed E-state index contributed by atoms with van der Waals surface area (Å²) < 4.78 is 1.58. The minimum absolute atomic E-state index is 0. The average molecular weight is 2160 g/mol. The monoisotopic (exact) mass is 2150 g/mol. The Morgan fingerprint density at radius 3 is 0.326 bits per heavy atom. The summed E-state index contributed by atoms with van der Waals surface area (Å²) in [7, 11) is 0. The van der Waals surface area contributed by atoms with Gasteiger partial charge < -0.3 is 105 Å². The van der Waals surface area contributed by atoms with Crippen molar-refractivity contribution in [2.75, 3.05) is 0 Å². The quantitative estimate of drug-likeness (QED) is 0.0804. The molecular weight excluding hydrogens is 2120 g/mol. The van der Waals surface area contributed by atoms with Crippen LogP contribution in [0.2, 0.25) is 0 Å². The molecule has 0 saturated carbocycles. The molecule has 0 aliphatic heterocycles. The predicted molar refractivity (Wildman–Crippen MR) is 317 cm³/mol. The number of benzene rings is 6. The van der Waals surface area contributed by atoms with Gasteiger partial charge in [0.2, 0.25) is 0 Å². The standard InChI is InChI=1S/6C8H5BrO4.8H2O.6Zr/c6*9-6-3-4(7(10)11)1-2-5(6)8(12)13;;;;;;;;;;;;;;/h6*1-3H,(H,10,11)(H,12,13);8*1H2;;;;;;. The van der Waals surface area contributed by atoms with Crippen LogP contribution in [0, 0.1) is 0 Å². The number of carboxylic acids is 12. The number of aromatic carboxylic acids is 12. The van der Waals surface area contributed by atoms with Crippen molar-refractivity contribution in [2.24, 2.45) is 0 Å². The first-order valence-corrected chi connectivity index (χ1v) is 24.5. The molecule has 28 N–H and O–H groups in total. The van der Waals surface area contributed by atoms with Crippen LogP contribution in [-0.2, 0) is 157 Å². The molecule has 0 radical (unpaired) electrons. The van der Waals surface area contributed by atoms with Gasteiger partial charge in [0.1, 0.15) is 0 Å². The van der Waals surface area contributed by atoms with E-state index < -0.39 is 71.6 Å². The fraction of sp³-hybridized carbons (Fsp3) is 0. The maximum atomic E-state index is 10.5. The summed E-state index contributed by atoms with van der Waals surface area (Å²) in [6.07, 6.45) is 0. The molecule has 0 fully saturated rings. The molecule has 0 aliphatic rings. The Bertz CT molecular complexity index is 2850. The first kappa shape index (κ1) is 122. The molecule has 6 aromatic carbocycles. The normalized spacial score (nSPS) is 8.15. The van der Waals surface area contributed by atoms with Crippen molar-refractivity contribution < 1.29 is 320 Å². The van der Waals surface area contributed by atoms with E-state index in [0.29, 0.717) is 0 Å². The van der Waals surface area contributed by atoms with Gasteiger partial charge in [0.15, 0.2) is 0 Å². The molecule has 44 heteroatoms. The van der Waals surface area contributed by atoms with Gasteiger partial charge in [-0.2, -0.15) is 0 Å². The Kier molecular flexibility index (Phi) is 80.1. The van der Waals surface area contributed by atoms with Crippen molar-refractivity contribution in [3.05, 3.63) is 203 Å². The smallest absolute Gasteiger partial charge is 0.336 e. The summed E-state index contributed by atoms with van der Waals surface area (Å²) in [4.78, 5) is 126. The maximum Gasteiger partial charge on any atom is 0.336 e. The minimum Gasteiger partial charge on any atom is -0.478 e. The summed E-state index contributed by atoms with van der Waals surface area (Å²) in [6.45, 7) is 0. The first-order valence-electron chi connectivity index (χ1n) is 19.7. The van der Waals surface area contributed by atoms with Crippen LogP contribution < -0.4 is 0 Å². The van der Waals surface area contributed by atoms with Crippen LogP contribution in [0.1, 0.15) is 124 Å². The average Bonchev–Trinajstić information content (AvgIpc) is 3.34. The molecule has 0 amide bonds. The van der Waals surface area contributed by atoms with E-state index in [1.165, 1.54) is 109 Å². The van der Waals surface area contributed by atoms with Gasteiger partial charge in [0.05, 0.1) is 66.8 Å². The third-order valence-corrected chi connectivity index (χ3v) is 12.6. The van der Waals surface area contributed by atoms with Crippen molar-refractivity contribution in [1.29, 1.82) is 0 Å². The Morgan fingerprint density at radius 1 is 0.185 bits per heavy atom. The maximum absolute atomic E-state index is 10.5. The fourth-order valence-corrected chi connectivity index (χ4v) is 8.22. The number of hydrogen-bond donors (Lipinski definition) is 12. The van der Waals surface area contributed by atoms with Gasteiger partial charge in [-0.3, -0.25) is 0 Å². The van der Waals surface area contributed by atoms with E-state index in [4.69, 9.17) is 61.3 Å². The number of rotatable bonds is 12. The van der Waals surface area contributed by atoms with E-state index in [9.17, 15) is 57.5 Å². The molecular formula is C48H46Br6O32Zr6. The van der Waals surface area contributed by atoms with Crippen molar-refractivity contribution in [3.8, 4) is 0 Å². The number of carbonyl (C=O) groups is 12. The van der Waals surface area contributed by atoms with Gasteiger partial charge in [-0.05, 0) is 205 Å². The second-order valence-electron chi connectivity index (χ2n) is 13.8. The summed E-state index contributed by atoms with van der Waals surface area (Å²) in [5, 5.41) is 103. The molecule has 0 atom stereocenters. The summed E-state index contributed by atoms with van der Waals surface area (Å²) in [5.74, 6) is -13.1. The van der Waals surface area contributed by atoms with Gasteiger partial charge in [-0.1, -0.05) is 0 Å². The number of halogens is 6. The van der Waals surface area contributed by atoms with Crippen LogP contribution in [0.25, 0.3) is 0 Å². The van der Waals surface area contributed by atoms with Crippen LogP contribution in [0.15, 0.2) is 136 Å². The van der Waals surface area contributed by atoms with Gasteiger partial charge in [0, 0.05) is 184 Å². The molecule has 0 spiro atoms. The van der Waals surface area contributed by atoms with Crippen LogP contribution in [0.5, 0.6) is 0 Å². The number of hydrogen-bond acceptors (Lipinski definition) is 12. The Morgan fingerprint density at radius 2 is 0.272 bits per heavy atom. The van der Waals surface area contributed by atoms with Gasteiger partial charge in [-0.15, -0.1) is 0 Å². The van der Waals surface area contributed by atoms with Crippen molar-refractivity contribution in [2.45, 2.75) is 0 Å². The van der Waals surface area contributed by atoms with Gasteiger partial charge in [-0.25, -0.2) is 57.5 Å². The molecule has 0 aromatic heterocycles. The molecule has 0 aliphatic carbocycles. The topological polar surface area (TPSA) is 700 Å². The van der Waals surface area contributed by atoms with Crippen LogP contribution in [0.4, 0.5) is 0 Å². The van der Waals surface area contributed by atoms with E-state index in [0.717, 1.165) is 0 Å². The molecule has 32 nitrogen and oxygen atoms in total. The molecule has 6 aromatic rings. The van der Waals surface area contributed by atoms with Crippen molar-refractivity contribution in [1.82, 2.24) is 0 Å². The fourth-order valence-electron chi connectivity index (χ4n) is 4.93. The van der Waals surface area contributed by atoms with E-state index in [1.54, 1.807) is 0 Å². The minimum atomic E-state index is -1.09. The number of carboxylic acid groups (broad SMARTS) is 12. The first-order chi connectivity index (χ1) is 36.1. The van der Waals surface area contributed by atoms with Crippen molar-refractivity contribution in [3.63, 3.8) is 0 Å². The molecule has 6 rings (SSSR count). The van der Waals surface area contributed by atoms with Gasteiger partial charge in [0.25, 0.3) is 0 Å². The SMILES string of the molecule is O.O.O.O.O.O.O.O.O=C(O)c1ccc(C(=O)O)c(Br)c1.O=C(O)c1ccc(C(=O)O)c(Br)c1.O=C(O)c1ccc(C(=O)O)c(Br)c1.O=C(O)c1ccc(C(=O)O)c(Br)c1.O=C(O)c1ccc(C(=O)O)c(Br)c1.O=C(O)c1ccc(C(=O)O)c(Br)c1.[Zr].[Zr].[Zr].[Zr].[Zr].[Zr]. The Hall–Kier alpha value is -3.18. The third kappa shape index (κ3) is 42.4. The molecule has 0 saturated heterocycles. The zero-order valence-electron chi connectivity index (χ0n) is 44.9. The van der Waals surface area contributed by atoms with Crippen LogP contribution in [0.3, 0.4) is 0 Å².